The van der Waals surface area contributed by atoms with E-state index in [-0.39, 0.29) is 32.0 Å². The van der Waals surface area contributed by atoms with E-state index in [1.807, 2.05) is 21.1 Å². The van der Waals surface area contributed by atoms with Gasteiger partial charge in [0.2, 0.25) is 0 Å². The lowest BCUT2D eigenvalue weighted by molar-refractivity contribution is -0.870. The molecule has 0 rings (SSSR count). The third kappa shape index (κ3) is 53.9. The molecule has 0 aromatic rings. The second kappa shape index (κ2) is 49.7. The average Bonchev–Trinajstić information content (AvgIpc) is 3.29. The van der Waals surface area contributed by atoms with Gasteiger partial charge in [0.25, 0.3) is 7.82 Å². The lowest BCUT2D eigenvalue weighted by atomic mass is 10.0. The number of carbonyl (C=O) groups excluding carboxylic acids is 2. The Morgan fingerprint density at radius 2 is 0.761 bits per heavy atom. The van der Waals surface area contributed by atoms with Gasteiger partial charge in [-0.05, 0) is 38.5 Å². The van der Waals surface area contributed by atoms with Gasteiger partial charge in [0.15, 0.2) is 6.10 Å². The van der Waals surface area contributed by atoms with E-state index in [1.165, 1.54) is 205 Å². The third-order valence-corrected chi connectivity index (χ3v) is 14.0. The van der Waals surface area contributed by atoms with Crippen LogP contribution in [-0.2, 0) is 32.7 Å². The number of likely N-dealkylation sites (N-methyl/N-ethyl adjacent to an activating group) is 1. The SMILES string of the molecule is CCCCCCCCC/C=C\CCCCCCCC(=O)OC(COC(=O)CCCCCCCCCCCCCCCCCCCCCCCCCCCCC)COP(=O)([O-])OCC[N+](C)(C)C. The lowest BCUT2D eigenvalue weighted by Gasteiger charge is -2.28. The Morgan fingerprint density at radius 1 is 0.448 bits per heavy atom. The van der Waals surface area contributed by atoms with Crippen LogP contribution in [0.15, 0.2) is 12.2 Å². The number of hydrogen-bond acceptors (Lipinski definition) is 8. The molecule has 0 radical (unpaired) electrons. The zero-order chi connectivity index (χ0) is 49.2. The Hall–Kier alpha value is -1.25. The number of phosphoric acid groups is 1. The fourth-order valence-electron chi connectivity index (χ4n) is 8.54. The molecule has 0 aromatic carbocycles. The predicted molar refractivity (Wildman–Crippen MR) is 282 cm³/mol. The van der Waals surface area contributed by atoms with Crippen molar-refractivity contribution in [1.82, 2.24) is 0 Å². The number of hydrogen-bond donors (Lipinski definition) is 0. The largest absolute Gasteiger partial charge is 0.756 e. The van der Waals surface area contributed by atoms with Gasteiger partial charge in [-0.15, -0.1) is 0 Å². The van der Waals surface area contributed by atoms with Gasteiger partial charge in [0.1, 0.15) is 19.8 Å². The van der Waals surface area contributed by atoms with Crippen LogP contribution in [0.1, 0.15) is 290 Å². The maximum absolute atomic E-state index is 12.7. The highest BCUT2D eigenvalue weighted by Crippen LogP contribution is 2.38. The molecule has 0 saturated carbocycles. The van der Waals surface area contributed by atoms with Gasteiger partial charge in [-0.3, -0.25) is 14.2 Å². The Kier molecular flexibility index (Phi) is 48.8. The predicted octanol–water partition coefficient (Wildman–Crippen LogP) is 17.0. The van der Waals surface area contributed by atoms with Crippen LogP contribution in [0.3, 0.4) is 0 Å². The summed E-state index contributed by atoms with van der Waals surface area (Å²) in [6.45, 7) is 4.28. The topological polar surface area (TPSA) is 111 Å². The van der Waals surface area contributed by atoms with Crippen LogP contribution in [-0.4, -0.2) is 70.0 Å². The highest BCUT2D eigenvalue weighted by Gasteiger charge is 2.22. The average molecular weight is 970 g/mol. The number of phosphoric ester groups is 1. The lowest BCUT2D eigenvalue weighted by Crippen LogP contribution is -2.37. The quantitative estimate of drug-likeness (QED) is 0.0195. The number of carbonyl (C=O) groups is 2. The van der Waals surface area contributed by atoms with Crippen molar-refractivity contribution in [2.24, 2.45) is 0 Å². The maximum atomic E-state index is 12.7. The van der Waals surface area contributed by atoms with Crippen molar-refractivity contribution in [3.8, 4) is 0 Å². The van der Waals surface area contributed by atoms with Crippen molar-refractivity contribution < 1.29 is 42.1 Å². The minimum Gasteiger partial charge on any atom is -0.756 e. The van der Waals surface area contributed by atoms with Crippen molar-refractivity contribution in [3.05, 3.63) is 12.2 Å². The summed E-state index contributed by atoms with van der Waals surface area (Å²) in [7, 11) is 1.18. The molecule has 0 aliphatic heterocycles. The van der Waals surface area contributed by atoms with Crippen molar-refractivity contribution in [1.29, 1.82) is 0 Å². The molecule has 0 saturated heterocycles. The summed E-state index contributed by atoms with van der Waals surface area (Å²) in [6, 6.07) is 0. The van der Waals surface area contributed by atoms with E-state index in [0.717, 1.165) is 51.4 Å². The van der Waals surface area contributed by atoms with Gasteiger partial charge in [-0.25, -0.2) is 0 Å². The summed E-state index contributed by atoms with van der Waals surface area (Å²) in [5, 5.41) is 0. The van der Waals surface area contributed by atoms with Crippen LogP contribution in [0.4, 0.5) is 0 Å². The van der Waals surface area contributed by atoms with Crippen molar-refractivity contribution in [2.75, 3.05) is 47.5 Å². The first-order valence-corrected chi connectivity index (χ1v) is 30.4. The van der Waals surface area contributed by atoms with Gasteiger partial charge in [-0.1, -0.05) is 251 Å². The minimum atomic E-state index is -4.63. The number of ether oxygens (including phenoxy) is 2. The molecule has 0 amide bonds. The Morgan fingerprint density at radius 3 is 1.10 bits per heavy atom. The monoisotopic (exact) mass is 970 g/mol. The number of rotatable bonds is 54. The molecule has 9 nitrogen and oxygen atoms in total. The standard InChI is InChI=1S/C57H112NO8P/c1-6-8-10-12-14-16-18-20-22-24-25-26-27-28-29-30-31-32-33-34-36-37-39-41-43-45-47-49-56(59)63-53-55(54-65-67(61,62)64-52-51-58(3,4)5)66-57(60)50-48-46-44-42-40-38-35-23-21-19-17-15-13-11-9-7-2/h23,35,55H,6-22,24-34,36-54H2,1-5H3/b35-23-. The minimum absolute atomic E-state index is 0.0289. The third-order valence-electron chi connectivity index (χ3n) is 13.0. The second-order valence-corrected chi connectivity index (χ2v) is 22.4. The van der Waals surface area contributed by atoms with Crippen LogP contribution in [0.25, 0.3) is 0 Å². The highest BCUT2D eigenvalue weighted by molar-refractivity contribution is 7.45. The first kappa shape index (κ1) is 65.8. The number of unbranched alkanes of at least 4 members (excludes halogenated alkanes) is 38. The summed E-state index contributed by atoms with van der Waals surface area (Å²) in [5.74, 6) is -0.826. The van der Waals surface area contributed by atoms with Crippen molar-refractivity contribution in [2.45, 2.75) is 296 Å². The normalized spacial score (nSPS) is 13.3. The zero-order valence-electron chi connectivity index (χ0n) is 45.1. The molecule has 0 aliphatic rings. The number of esters is 2. The molecule has 0 heterocycles. The first-order chi connectivity index (χ1) is 32.5. The Labute approximate surface area is 416 Å². The fourth-order valence-corrected chi connectivity index (χ4v) is 9.26. The molecular weight excluding hydrogens is 858 g/mol. The second-order valence-electron chi connectivity index (χ2n) is 21.0. The summed E-state index contributed by atoms with van der Waals surface area (Å²) >= 11 is 0. The Bertz CT molecular complexity index is 1140. The van der Waals surface area contributed by atoms with Gasteiger partial charge in [0, 0.05) is 12.8 Å². The molecule has 2 unspecified atom stereocenters. The molecular formula is C57H112NO8P. The van der Waals surface area contributed by atoms with E-state index in [4.69, 9.17) is 18.5 Å². The molecule has 67 heavy (non-hydrogen) atoms. The molecule has 398 valence electrons. The molecule has 0 N–H and O–H groups in total. The smallest absolute Gasteiger partial charge is 0.306 e. The van der Waals surface area contributed by atoms with Gasteiger partial charge >= 0.3 is 11.9 Å². The van der Waals surface area contributed by atoms with Gasteiger partial charge in [0.05, 0.1) is 27.7 Å². The van der Waals surface area contributed by atoms with Crippen LogP contribution < -0.4 is 4.89 Å². The molecule has 0 aliphatic carbocycles. The van der Waals surface area contributed by atoms with Gasteiger partial charge < -0.3 is 27.9 Å². The molecule has 0 fully saturated rings. The molecule has 2 atom stereocenters. The van der Waals surface area contributed by atoms with E-state index >= 15 is 0 Å². The molecule has 0 aromatic heterocycles. The van der Waals surface area contributed by atoms with Gasteiger partial charge in [-0.2, -0.15) is 0 Å². The van der Waals surface area contributed by atoms with E-state index in [0.29, 0.717) is 17.4 Å². The van der Waals surface area contributed by atoms with E-state index in [2.05, 4.69) is 26.0 Å². The summed E-state index contributed by atoms with van der Waals surface area (Å²) in [4.78, 5) is 37.8. The molecule has 10 heteroatoms. The van der Waals surface area contributed by atoms with E-state index in [9.17, 15) is 19.0 Å². The van der Waals surface area contributed by atoms with Crippen molar-refractivity contribution >= 4 is 19.8 Å². The van der Waals surface area contributed by atoms with Crippen LogP contribution in [0.5, 0.6) is 0 Å². The van der Waals surface area contributed by atoms with Crippen LogP contribution in [0.2, 0.25) is 0 Å². The Balaban J connectivity index is 4.06. The number of allylic oxidation sites excluding steroid dienone is 2. The number of quaternary nitrogens is 1. The van der Waals surface area contributed by atoms with Crippen LogP contribution in [0, 0.1) is 0 Å². The van der Waals surface area contributed by atoms with Crippen LogP contribution >= 0.6 is 7.82 Å². The van der Waals surface area contributed by atoms with E-state index < -0.39 is 26.5 Å². The summed E-state index contributed by atoms with van der Waals surface area (Å²) in [6.07, 6.45) is 56.9. The molecule has 0 spiro atoms. The maximum Gasteiger partial charge on any atom is 0.306 e. The fraction of sp³-hybridized carbons (Fsp3) is 0.930. The van der Waals surface area contributed by atoms with E-state index in [1.54, 1.807) is 0 Å². The summed E-state index contributed by atoms with van der Waals surface area (Å²) in [5.41, 5.74) is 0. The number of nitrogens with zero attached hydrogens (tertiary/aromatic N) is 1. The zero-order valence-corrected chi connectivity index (χ0v) is 46.0. The van der Waals surface area contributed by atoms with Crippen molar-refractivity contribution in [3.63, 3.8) is 0 Å². The highest BCUT2D eigenvalue weighted by atomic mass is 31.2. The summed E-state index contributed by atoms with van der Waals surface area (Å²) < 4.78 is 34.1. The molecule has 0 bridgehead atoms. The first-order valence-electron chi connectivity index (χ1n) is 28.9.